The lowest BCUT2D eigenvalue weighted by molar-refractivity contribution is -0.689. The van der Waals surface area contributed by atoms with Crippen molar-refractivity contribution in [1.29, 1.82) is 0 Å². The number of aromatic amines is 1. The third kappa shape index (κ3) is 3.76. The summed E-state index contributed by atoms with van der Waals surface area (Å²) in [6, 6.07) is 0. The van der Waals surface area contributed by atoms with Crippen LogP contribution in [0.25, 0.3) is 0 Å². The van der Waals surface area contributed by atoms with E-state index in [1.165, 1.54) is 0 Å². The standard InChI is InChI=1S/C8H5F9N2.NO3/c1-19-3-18-2-4(19)5(9,10)6(11,12)7(13,14)8(15,16)17;2-1(3)4/h2-3H,1H3;/q;-1/p+1. The Morgan fingerprint density at radius 3 is 1.65 bits per heavy atom. The van der Waals surface area contributed by atoms with Gasteiger partial charge in [-0.05, 0) is 0 Å². The molecule has 1 aromatic rings. The zero-order chi connectivity index (χ0) is 18.9. The molecule has 0 saturated carbocycles. The van der Waals surface area contributed by atoms with Crippen LogP contribution in [0, 0.1) is 15.3 Å². The highest BCUT2D eigenvalue weighted by Crippen LogP contribution is 2.55. The van der Waals surface area contributed by atoms with Gasteiger partial charge in [0, 0.05) is 0 Å². The molecular weight excluding hydrogens is 357 g/mol. The highest BCUT2D eigenvalue weighted by molar-refractivity contribution is 5.10. The number of imidazole rings is 1. The molecule has 0 bridgehead atoms. The fraction of sp³-hybridized carbons (Fsp3) is 0.625. The maximum absolute atomic E-state index is 13.3. The van der Waals surface area contributed by atoms with E-state index in [1.807, 2.05) is 4.98 Å². The van der Waals surface area contributed by atoms with Crippen LogP contribution in [0.4, 0.5) is 39.5 Å². The lowest BCUT2D eigenvalue weighted by Crippen LogP contribution is -2.61. The largest absolute Gasteiger partial charge is 0.460 e. The lowest BCUT2D eigenvalue weighted by Gasteiger charge is -2.32. The molecule has 1 rings (SSSR count). The Kier molecular flexibility index (Phi) is 5.52. The van der Waals surface area contributed by atoms with Gasteiger partial charge in [-0.25, -0.2) is 9.55 Å². The average Bonchev–Trinajstić information content (AvgIpc) is 2.73. The first kappa shape index (κ1) is 20.8. The molecule has 15 heteroatoms. The van der Waals surface area contributed by atoms with Crippen molar-refractivity contribution in [1.82, 2.24) is 4.98 Å². The zero-order valence-corrected chi connectivity index (χ0v) is 10.7. The van der Waals surface area contributed by atoms with Crippen LogP contribution in [0.5, 0.6) is 0 Å². The molecule has 1 N–H and O–H groups in total. The molecule has 0 aliphatic carbocycles. The molecular formula is C8H6F9N3O3. The number of H-pyrrole nitrogens is 1. The Hall–Kier alpha value is -2.22. The van der Waals surface area contributed by atoms with Gasteiger partial charge < -0.3 is 15.3 Å². The molecule has 1 heterocycles. The second-order valence-corrected chi connectivity index (χ2v) is 3.88. The minimum atomic E-state index is -6.88. The second kappa shape index (κ2) is 6.11. The molecule has 0 amide bonds. The Morgan fingerprint density at radius 1 is 1.00 bits per heavy atom. The summed E-state index contributed by atoms with van der Waals surface area (Å²) in [5, 5.41) is 14.8. The molecule has 1 aromatic heterocycles. The van der Waals surface area contributed by atoms with Gasteiger partial charge >= 0.3 is 23.9 Å². The van der Waals surface area contributed by atoms with Crippen molar-refractivity contribution in [3.63, 3.8) is 0 Å². The van der Waals surface area contributed by atoms with Gasteiger partial charge in [0.25, 0.3) is 0 Å². The summed E-state index contributed by atoms with van der Waals surface area (Å²) in [7, 11) is 0.779. The molecule has 0 aliphatic heterocycles. The summed E-state index contributed by atoms with van der Waals surface area (Å²) in [4.78, 5) is 10.1. The van der Waals surface area contributed by atoms with Crippen molar-refractivity contribution in [2.24, 2.45) is 7.05 Å². The quantitative estimate of drug-likeness (QED) is 0.388. The fourth-order valence-corrected chi connectivity index (χ4v) is 1.25. The maximum atomic E-state index is 13.3. The number of alkyl halides is 9. The second-order valence-electron chi connectivity index (χ2n) is 3.88. The number of aryl methyl sites for hydroxylation is 1. The number of hydrogen-bond donors (Lipinski definition) is 1. The predicted molar refractivity (Wildman–Crippen MR) is 52.2 cm³/mol. The highest BCUT2D eigenvalue weighted by Gasteiger charge is 2.83. The van der Waals surface area contributed by atoms with E-state index in [4.69, 9.17) is 15.3 Å². The first-order valence-electron chi connectivity index (χ1n) is 5.04. The van der Waals surface area contributed by atoms with Crippen molar-refractivity contribution in [2.75, 3.05) is 0 Å². The molecule has 0 radical (unpaired) electrons. The van der Waals surface area contributed by atoms with E-state index in [2.05, 4.69) is 0 Å². The van der Waals surface area contributed by atoms with Crippen molar-refractivity contribution < 1.29 is 49.2 Å². The molecule has 6 nitrogen and oxygen atoms in total. The van der Waals surface area contributed by atoms with Crippen LogP contribution >= 0.6 is 0 Å². The minimum Gasteiger partial charge on any atom is -0.356 e. The van der Waals surface area contributed by atoms with Gasteiger partial charge in [0.2, 0.25) is 12.0 Å². The molecule has 0 spiro atoms. The van der Waals surface area contributed by atoms with Crippen LogP contribution in [-0.4, -0.2) is 28.1 Å². The SMILES string of the molecule is C[n+]1c[nH]cc1C(F)(F)C(F)(F)C(F)(F)C(F)(F)F.O=[N+]([O-])[O-]. The van der Waals surface area contributed by atoms with Gasteiger partial charge in [0.1, 0.15) is 6.20 Å². The van der Waals surface area contributed by atoms with E-state index in [9.17, 15) is 39.5 Å². The van der Waals surface area contributed by atoms with Crippen molar-refractivity contribution in [2.45, 2.75) is 23.9 Å². The van der Waals surface area contributed by atoms with Gasteiger partial charge in [-0.1, -0.05) is 0 Å². The van der Waals surface area contributed by atoms with E-state index in [0.717, 1.165) is 7.05 Å². The Labute approximate surface area is 120 Å². The predicted octanol–water partition coefficient (Wildman–Crippen LogP) is 2.52. The van der Waals surface area contributed by atoms with E-state index in [0.29, 0.717) is 6.33 Å². The molecule has 0 unspecified atom stereocenters. The molecule has 0 saturated heterocycles. The number of nitrogens with one attached hydrogen (secondary N) is 1. The maximum Gasteiger partial charge on any atom is 0.460 e. The van der Waals surface area contributed by atoms with Gasteiger partial charge in [-0.15, -0.1) is 0 Å². The third-order valence-electron chi connectivity index (χ3n) is 2.33. The normalized spacial score (nSPS) is 13.3. The fourth-order valence-electron chi connectivity index (χ4n) is 1.25. The number of hydrogen-bond acceptors (Lipinski definition) is 3. The van der Waals surface area contributed by atoms with Gasteiger partial charge in [0.15, 0.2) is 0 Å². The molecule has 0 aromatic carbocycles. The van der Waals surface area contributed by atoms with E-state index >= 15 is 0 Å². The van der Waals surface area contributed by atoms with Crippen molar-refractivity contribution in [3.8, 4) is 0 Å². The summed E-state index contributed by atoms with van der Waals surface area (Å²) in [6.45, 7) is 0. The monoisotopic (exact) mass is 363 g/mol. The minimum absolute atomic E-state index is 0.209. The van der Waals surface area contributed by atoms with Gasteiger partial charge in [0.05, 0.1) is 12.1 Å². The molecule has 0 fully saturated rings. The first-order chi connectivity index (χ1) is 10.00. The Bertz CT molecular complexity index is 550. The van der Waals surface area contributed by atoms with E-state index in [-0.39, 0.29) is 10.8 Å². The van der Waals surface area contributed by atoms with Crippen LogP contribution < -0.4 is 4.57 Å². The van der Waals surface area contributed by atoms with E-state index < -0.39 is 34.7 Å². The van der Waals surface area contributed by atoms with Crippen LogP contribution in [0.3, 0.4) is 0 Å². The molecule has 134 valence electrons. The number of rotatable bonds is 3. The van der Waals surface area contributed by atoms with E-state index in [1.54, 1.807) is 0 Å². The summed E-state index contributed by atoms with van der Waals surface area (Å²) < 4.78 is 113. The zero-order valence-electron chi connectivity index (χ0n) is 10.7. The molecule has 23 heavy (non-hydrogen) atoms. The van der Waals surface area contributed by atoms with Crippen LogP contribution in [-0.2, 0) is 13.0 Å². The Balaban J connectivity index is 0.00000108. The van der Waals surface area contributed by atoms with Gasteiger partial charge in [-0.2, -0.15) is 39.5 Å². The number of halogens is 9. The third-order valence-corrected chi connectivity index (χ3v) is 2.33. The lowest BCUT2D eigenvalue weighted by atomic mass is 10.0. The highest BCUT2D eigenvalue weighted by atomic mass is 19.4. The summed E-state index contributed by atoms with van der Waals surface area (Å²) in [5.41, 5.74) is -1.71. The van der Waals surface area contributed by atoms with Gasteiger partial charge in [-0.3, -0.25) is 0 Å². The summed E-state index contributed by atoms with van der Waals surface area (Å²) in [6.07, 6.45) is -5.92. The molecule has 0 atom stereocenters. The number of aromatic nitrogens is 2. The summed E-state index contributed by atoms with van der Waals surface area (Å²) >= 11 is 0. The first-order valence-corrected chi connectivity index (χ1v) is 5.04. The smallest absolute Gasteiger partial charge is 0.356 e. The van der Waals surface area contributed by atoms with Crippen LogP contribution in [0.2, 0.25) is 0 Å². The number of nitrogens with zero attached hydrogens (tertiary/aromatic N) is 2. The average molecular weight is 363 g/mol. The van der Waals surface area contributed by atoms with Crippen LogP contribution in [0.1, 0.15) is 5.69 Å². The molecule has 0 aliphatic rings. The van der Waals surface area contributed by atoms with Crippen molar-refractivity contribution >= 4 is 0 Å². The van der Waals surface area contributed by atoms with Crippen LogP contribution in [0.15, 0.2) is 12.5 Å². The summed E-state index contributed by atoms with van der Waals surface area (Å²) in [5.74, 6) is -19.2. The Morgan fingerprint density at radius 2 is 1.39 bits per heavy atom. The topological polar surface area (TPSA) is 85.9 Å². The van der Waals surface area contributed by atoms with Crippen molar-refractivity contribution in [3.05, 3.63) is 33.5 Å².